The molecule has 2 N–H and O–H groups in total. The van der Waals surface area contributed by atoms with E-state index in [4.69, 9.17) is 0 Å². The Bertz CT molecular complexity index is 1200. The number of phenols is 1. The Balaban J connectivity index is 1.27. The minimum atomic E-state index is -0.989. The highest BCUT2D eigenvalue weighted by atomic mass is 19.1. The zero-order valence-corrected chi connectivity index (χ0v) is 19.3. The number of aromatic hydroxyl groups is 1. The Morgan fingerprint density at radius 3 is 2.71 bits per heavy atom. The first-order valence-electron chi connectivity index (χ1n) is 11.9. The number of anilines is 1. The van der Waals surface area contributed by atoms with Crippen LogP contribution in [-0.4, -0.2) is 70.3 Å². The Hall–Kier alpha value is -3.21. The van der Waals surface area contributed by atoms with Crippen molar-refractivity contribution in [1.82, 2.24) is 40.7 Å². The van der Waals surface area contributed by atoms with E-state index in [0.717, 1.165) is 38.5 Å². The largest absolute Gasteiger partial charge is 0.507 e. The summed E-state index contributed by atoms with van der Waals surface area (Å²) in [4.78, 5) is 7.97. The van der Waals surface area contributed by atoms with Crippen molar-refractivity contribution in [2.24, 2.45) is 7.05 Å². The summed E-state index contributed by atoms with van der Waals surface area (Å²) in [5.74, 6) is 1.32. The van der Waals surface area contributed by atoms with Crippen LogP contribution in [0.2, 0.25) is 0 Å². The number of piperidine rings is 2. The molecule has 0 unspecified atom stereocenters. The van der Waals surface area contributed by atoms with Crippen LogP contribution in [0.3, 0.4) is 0 Å². The lowest BCUT2D eigenvalue weighted by Crippen LogP contribution is -2.69. The molecule has 2 aromatic heterocycles. The molecular weight excluding hydrogens is 437 g/mol. The van der Waals surface area contributed by atoms with Gasteiger partial charge >= 0.3 is 0 Å². The van der Waals surface area contributed by atoms with E-state index in [9.17, 15) is 5.11 Å². The molecule has 3 fully saturated rings. The van der Waals surface area contributed by atoms with Crippen LogP contribution < -0.4 is 10.2 Å². The highest BCUT2D eigenvalue weighted by molar-refractivity contribution is 5.70. The molecule has 2 aliphatic heterocycles. The first-order valence-corrected chi connectivity index (χ1v) is 11.9. The van der Waals surface area contributed by atoms with Gasteiger partial charge in [-0.2, -0.15) is 4.80 Å². The zero-order valence-electron chi connectivity index (χ0n) is 19.3. The molecule has 2 bridgehead atoms. The molecule has 1 aliphatic carbocycles. The average Bonchev–Trinajstić information content (AvgIpc) is 3.56. The number of alkyl halides is 1. The van der Waals surface area contributed by atoms with E-state index in [1.165, 1.54) is 4.80 Å². The fourth-order valence-corrected chi connectivity index (χ4v) is 5.56. The predicted molar refractivity (Wildman–Crippen MR) is 123 cm³/mol. The number of fused-ring (bicyclic) bond motifs is 2. The predicted octanol–water partition coefficient (Wildman–Crippen LogP) is 2.41. The minimum Gasteiger partial charge on any atom is -0.507 e. The van der Waals surface area contributed by atoms with Crippen molar-refractivity contribution in [3.05, 3.63) is 24.4 Å². The van der Waals surface area contributed by atoms with Gasteiger partial charge < -0.3 is 15.3 Å². The second-order valence-electron chi connectivity index (χ2n) is 9.97. The maximum absolute atomic E-state index is 15.8. The van der Waals surface area contributed by atoms with Crippen molar-refractivity contribution in [3.63, 3.8) is 0 Å². The molecule has 3 aliphatic rings. The van der Waals surface area contributed by atoms with Crippen molar-refractivity contribution in [2.45, 2.75) is 75.3 Å². The van der Waals surface area contributed by atoms with E-state index in [0.29, 0.717) is 34.6 Å². The third kappa shape index (κ3) is 3.67. The normalized spacial score (nSPS) is 28.6. The first-order chi connectivity index (χ1) is 16.4. The number of rotatable bonds is 5. The maximum Gasteiger partial charge on any atom is 0.205 e. The molecule has 0 amide bonds. The van der Waals surface area contributed by atoms with Gasteiger partial charge in [-0.25, -0.2) is 9.37 Å². The fourth-order valence-electron chi connectivity index (χ4n) is 5.56. The van der Waals surface area contributed by atoms with E-state index >= 15 is 4.39 Å². The molecule has 0 spiro atoms. The van der Waals surface area contributed by atoms with E-state index in [1.807, 2.05) is 6.92 Å². The summed E-state index contributed by atoms with van der Waals surface area (Å²) in [5.41, 5.74) is 0.598. The number of tetrazole rings is 1. The van der Waals surface area contributed by atoms with Gasteiger partial charge in [-0.3, -0.25) is 0 Å². The number of hydrogen-bond donors (Lipinski definition) is 2. The molecule has 1 saturated carbocycles. The molecule has 3 aromatic rings. The molecule has 6 rings (SSSR count). The number of benzene rings is 1. The third-order valence-electron chi connectivity index (χ3n) is 7.37. The van der Waals surface area contributed by atoms with Gasteiger partial charge in [0.2, 0.25) is 5.82 Å². The van der Waals surface area contributed by atoms with Crippen molar-refractivity contribution in [2.75, 3.05) is 4.90 Å². The summed E-state index contributed by atoms with van der Waals surface area (Å²) in [7, 11) is 1.68. The second-order valence-corrected chi connectivity index (χ2v) is 9.97. The van der Waals surface area contributed by atoms with Crippen molar-refractivity contribution >= 4 is 5.82 Å². The lowest BCUT2D eigenvalue weighted by molar-refractivity contribution is 0.0385. The standard InChI is InChI=1S/C23H28FN9O/c1-23-9-3-4-14(26-23)11-17(20(23)24)33(15-6-7-15)19-12-25-22(28-27-19)16-8-5-13(10-18(16)34)21-29-31-32(2)30-21/h5,8,10,12,14-15,17,20,26,34H,3-4,6-7,9,11H2,1-2H3/t14-,17+,20+,23-/m0/s1. The van der Waals surface area contributed by atoms with Gasteiger partial charge in [0, 0.05) is 23.2 Å². The highest BCUT2D eigenvalue weighted by Crippen LogP contribution is 2.42. The topological polar surface area (TPSA) is 118 Å². The van der Waals surface area contributed by atoms with Crippen LogP contribution in [0.1, 0.15) is 45.4 Å². The summed E-state index contributed by atoms with van der Waals surface area (Å²) in [5, 5.41) is 34.8. The molecule has 178 valence electrons. The molecule has 34 heavy (non-hydrogen) atoms. The molecule has 4 atom stereocenters. The Labute approximate surface area is 196 Å². The van der Waals surface area contributed by atoms with Crippen LogP contribution in [0.25, 0.3) is 22.8 Å². The van der Waals surface area contributed by atoms with Crippen molar-refractivity contribution < 1.29 is 9.50 Å². The lowest BCUT2D eigenvalue weighted by Gasteiger charge is -2.52. The molecule has 1 aromatic carbocycles. The number of aryl methyl sites for hydroxylation is 1. The molecular formula is C23H28FN9O. The smallest absolute Gasteiger partial charge is 0.205 e. The second kappa shape index (κ2) is 7.93. The van der Waals surface area contributed by atoms with E-state index in [2.05, 4.69) is 40.8 Å². The van der Waals surface area contributed by atoms with Gasteiger partial charge in [-0.1, -0.05) is 6.07 Å². The molecule has 11 heteroatoms. The van der Waals surface area contributed by atoms with Crippen LogP contribution in [0, 0.1) is 0 Å². The number of nitrogens with zero attached hydrogens (tertiary/aromatic N) is 8. The maximum atomic E-state index is 15.8. The van der Waals surface area contributed by atoms with Gasteiger partial charge in [0.25, 0.3) is 0 Å². The molecule has 10 nitrogen and oxygen atoms in total. The third-order valence-corrected chi connectivity index (χ3v) is 7.37. The summed E-state index contributed by atoms with van der Waals surface area (Å²) >= 11 is 0. The van der Waals surface area contributed by atoms with Crippen LogP contribution in [0.5, 0.6) is 5.75 Å². The van der Waals surface area contributed by atoms with Crippen LogP contribution >= 0.6 is 0 Å². The number of aromatic nitrogens is 7. The highest BCUT2D eigenvalue weighted by Gasteiger charge is 2.52. The summed E-state index contributed by atoms with van der Waals surface area (Å²) in [6.45, 7) is 2.01. The van der Waals surface area contributed by atoms with Crippen LogP contribution in [-0.2, 0) is 7.05 Å². The summed E-state index contributed by atoms with van der Waals surface area (Å²) in [6, 6.07) is 5.42. The fraction of sp³-hybridized carbons (Fsp3) is 0.565. The first kappa shape index (κ1) is 21.3. The van der Waals surface area contributed by atoms with E-state index in [1.54, 1.807) is 31.4 Å². The molecule has 4 heterocycles. The Morgan fingerprint density at radius 2 is 2.03 bits per heavy atom. The van der Waals surface area contributed by atoms with E-state index < -0.39 is 11.7 Å². The zero-order chi connectivity index (χ0) is 23.4. The van der Waals surface area contributed by atoms with Crippen molar-refractivity contribution in [1.29, 1.82) is 0 Å². The monoisotopic (exact) mass is 465 g/mol. The van der Waals surface area contributed by atoms with Crippen molar-refractivity contribution in [3.8, 4) is 28.5 Å². The average molecular weight is 466 g/mol. The quantitative estimate of drug-likeness (QED) is 0.586. The summed E-state index contributed by atoms with van der Waals surface area (Å²) in [6.07, 6.45) is 6.48. The van der Waals surface area contributed by atoms with Crippen LogP contribution in [0.15, 0.2) is 24.4 Å². The Morgan fingerprint density at radius 1 is 1.18 bits per heavy atom. The van der Waals surface area contributed by atoms with Crippen LogP contribution in [0.4, 0.5) is 10.2 Å². The van der Waals surface area contributed by atoms with Gasteiger partial charge in [-0.05, 0) is 62.8 Å². The van der Waals surface area contributed by atoms with Gasteiger partial charge in [-0.15, -0.1) is 20.4 Å². The molecule has 0 radical (unpaired) electrons. The van der Waals surface area contributed by atoms with Gasteiger partial charge in [0.15, 0.2) is 11.6 Å². The number of hydrogen-bond acceptors (Lipinski definition) is 9. The number of phenolic OH excluding ortho intramolecular Hbond substituents is 1. The summed E-state index contributed by atoms with van der Waals surface area (Å²) < 4.78 is 15.8. The number of halogens is 1. The minimum absolute atomic E-state index is 0.00137. The number of nitrogens with one attached hydrogen (secondary N) is 1. The van der Waals surface area contributed by atoms with E-state index in [-0.39, 0.29) is 17.8 Å². The van der Waals surface area contributed by atoms with Gasteiger partial charge in [0.05, 0.1) is 24.8 Å². The SMILES string of the molecule is Cn1nnc(-c2ccc(-c3ncc(N(C4CC4)[C@@H]4C[C@@H]5CCC[C@](C)(N5)[C@@H]4F)nn3)c(O)c2)n1. The lowest BCUT2D eigenvalue weighted by atomic mass is 9.73. The Kier molecular flexibility index (Phi) is 4.98. The molecule has 2 saturated heterocycles. The van der Waals surface area contributed by atoms with Gasteiger partial charge in [0.1, 0.15) is 11.9 Å².